The van der Waals surface area contributed by atoms with Gasteiger partial charge in [-0.3, -0.25) is 4.99 Å². The number of hydrogen-bond donors (Lipinski definition) is 1. The minimum Gasteiger partial charge on any atom is -0.491 e. The third-order valence-corrected chi connectivity index (χ3v) is 3.53. The molecule has 130 valence electrons. The smallest absolute Gasteiger partial charge is 0.395 e. The van der Waals surface area contributed by atoms with Crippen LogP contribution in [-0.2, 0) is 0 Å². The molecular weight excluding hydrogens is 317 g/mol. The van der Waals surface area contributed by atoms with Gasteiger partial charge in [-0.1, -0.05) is 30.4 Å². The van der Waals surface area contributed by atoms with Crippen LogP contribution in [0.5, 0.6) is 5.75 Å². The van der Waals surface area contributed by atoms with E-state index in [0.29, 0.717) is 11.6 Å². The van der Waals surface area contributed by atoms with Crippen LogP contribution in [-0.4, -0.2) is 24.7 Å². The Kier molecular flexibility index (Phi) is 5.70. The number of nitrogens with two attached hydrogens (primary N) is 1. The molecule has 0 aliphatic heterocycles. The van der Waals surface area contributed by atoms with Gasteiger partial charge in [0.25, 0.3) is 0 Å². The van der Waals surface area contributed by atoms with E-state index in [1.807, 2.05) is 32.0 Å². The second-order valence-corrected chi connectivity index (χ2v) is 5.92. The first-order valence-electron chi connectivity index (χ1n) is 7.76. The van der Waals surface area contributed by atoms with Gasteiger partial charge < -0.3 is 10.5 Å². The predicted molar refractivity (Wildman–Crippen MR) is 89.2 cm³/mol. The summed E-state index contributed by atoms with van der Waals surface area (Å²) in [4.78, 5) is 4.26. The lowest BCUT2D eigenvalue weighted by atomic mass is 9.96. The predicted octanol–water partition coefficient (Wildman–Crippen LogP) is 4.24. The lowest BCUT2D eigenvalue weighted by molar-refractivity contribution is -0.160. The van der Waals surface area contributed by atoms with Crippen LogP contribution < -0.4 is 10.5 Å². The van der Waals surface area contributed by atoms with Crippen molar-refractivity contribution in [3.63, 3.8) is 0 Å². The molecule has 1 aliphatic rings. The molecule has 0 aromatic heterocycles. The van der Waals surface area contributed by atoms with Crippen molar-refractivity contribution in [2.75, 3.05) is 6.54 Å². The zero-order chi connectivity index (χ0) is 17.7. The fourth-order valence-corrected chi connectivity index (χ4v) is 2.29. The topological polar surface area (TPSA) is 47.6 Å². The molecule has 0 heterocycles. The largest absolute Gasteiger partial charge is 0.491 e. The maximum absolute atomic E-state index is 12.6. The van der Waals surface area contributed by atoms with Crippen LogP contribution in [0, 0.1) is 5.92 Å². The first kappa shape index (κ1) is 18.1. The Morgan fingerprint density at radius 3 is 2.71 bits per heavy atom. The molecule has 24 heavy (non-hydrogen) atoms. The van der Waals surface area contributed by atoms with Gasteiger partial charge in [0.1, 0.15) is 11.6 Å². The van der Waals surface area contributed by atoms with Crippen molar-refractivity contribution in [3.8, 4) is 5.75 Å². The Morgan fingerprint density at radius 1 is 1.38 bits per heavy atom. The van der Waals surface area contributed by atoms with E-state index in [1.54, 1.807) is 12.1 Å². The van der Waals surface area contributed by atoms with E-state index in [1.165, 1.54) is 12.2 Å². The molecule has 0 saturated carbocycles. The minimum atomic E-state index is -4.20. The van der Waals surface area contributed by atoms with Crippen LogP contribution in [0.1, 0.15) is 25.8 Å². The van der Waals surface area contributed by atoms with Crippen molar-refractivity contribution < 1.29 is 17.9 Å². The molecular formula is C18H21F3N2O. The van der Waals surface area contributed by atoms with E-state index >= 15 is 0 Å². The highest BCUT2D eigenvalue weighted by atomic mass is 19.4. The third kappa shape index (κ3) is 5.15. The fraction of sp³-hybridized carbons (Fsp3) is 0.389. The highest BCUT2D eigenvalue weighted by molar-refractivity contribution is 5.97. The van der Waals surface area contributed by atoms with E-state index in [-0.39, 0.29) is 19.1 Å². The molecule has 1 unspecified atom stereocenters. The Balaban J connectivity index is 2.00. The summed E-state index contributed by atoms with van der Waals surface area (Å²) in [6, 6.07) is 7.27. The summed E-state index contributed by atoms with van der Waals surface area (Å²) in [5.74, 6) is -0.380. The van der Waals surface area contributed by atoms with Crippen molar-refractivity contribution in [1.82, 2.24) is 0 Å². The average Bonchev–Trinajstić information content (AvgIpc) is 2.52. The maximum Gasteiger partial charge on any atom is 0.395 e. The summed E-state index contributed by atoms with van der Waals surface area (Å²) in [6.45, 7) is 4.11. The number of amidine groups is 1. The SMILES string of the molecule is CC(C)Oc1cccc(C(N)=NCC2=CCC(C(F)(F)F)C=C2)c1. The molecule has 3 nitrogen and oxygen atoms in total. The van der Waals surface area contributed by atoms with Gasteiger partial charge in [-0.15, -0.1) is 0 Å². The van der Waals surface area contributed by atoms with E-state index < -0.39 is 12.1 Å². The molecule has 0 bridgehead atoms. The lowest BCUT2D eigenvalue weighted by Gasteiger charge is -2.18. The zero-order valence-electron chi connectivity index (χ0n) is 13.7. The molecule has 1 aromatic carbocycles. The lowest BCUT2D eigenvalue weighted by Crippen LogP contribution is -2.22. The number of nitrogens with zero attached hydrogens (tertiary/aromatic N) is 1. The number of hydrogen-bond acceptors (Lipinski definition) is 2. The monoisotopic (exact) mass is 338 g/mol. The van der Waals surface area contributed by atoms with Gasteiger partial charge in [0.05, 0.1) is 18.6 Å². The molecule has 0 amide bonds. The number of rotatable bonds is 5. The Hall–Kier alpha value is -2.24. The van der Waals surface area contributed by atoms with Crippen molar-refractivity contribution >= 4 is 5.84 Å². The summed E-state index contributed by atoms with van der Waals surface area (Å²) in [6.07, 6.45) is 0.0138. The highest BCUT2D eigenvalue weighted by Crippen LogP contribution is 2.33. The molecule has 2 rings (SSSR count). The van der Waals surface area contributed by atoms with E-state index in [0.717, 1.165) is 11.1 Å². The van der Waals surface area contributed by atoms with Crippen LogP contribution in [0.4, 0.5) is 13.2 Å². The summed E-state index contributed by atoms with van der Waals surface area (Å²) in [7, 11) is 0. The number of halogens is 3. The molecule has 6 heteroatoms. The van der Waals surface area contributed by atoms with Crippen molar-refractivity contribution in [1.29, 1.82) is 0 Å². The molecule has 0 saturated heterocycles. The van der Waals surface area contributed by atoms with Gasteiger partial charge >= 0.3 is 6.18 Å². The fourth-order valence-electron chi connectivity index (χ4n) is 2.29. The molecule has 0 spiro atoms. The Labute approximate surface area is 139 Å². The van der Waals surface area contributed by atoms with Crippen molar-refractivity contribution in [2.24, 2.45) is 16.6 Å². The van der Waals surface area contributed by atoms with Crippen LogP contribution >= 0.6 is 0 Å². The second-order valence-electron chi connectivity index (χ2n) is 5.92. The summed E-state index contributed by atoms with van der Waals surface area (Å²) in [5.41, 5.74) is 7.43. The van der Waals surface area contributed by atoms with Crippen LogP contribution in [0.15, 0.2) is 53.1 Å². The van der Waals surface area contributed by atoms with Crippen molar-refractivity contribution in [3.05, 3.63) is 53.6 Å². The average molecular weight is 338 g/mol. The van der Waals surface area contributed by atoms with Crippen LogP contribution in [0.25, 0.3) is 0 Å². The Bertz CT molecular complexity index is 660. The minimum absolute atomic E-state index is 0.0531. The van der Waals surface area contributed by atoms with Crippen LogP contribution in [0.2, 0.25) is 0 Å². The number of benzene rings is 1. The standard InChI is InChI=1S/C18H21F3N2O/c1-12(2)24-16-5-3-4-14(10-16)17(22)23-11-13-6-8-15(9-7-13)18(19,20)21/h3-8,10,12,15H,9,11H2,1-2H3,(H2,22,23). The van der Waals surface area contributed by atoms with Gasteiger partial charge in [0.15, 0.2) is 0 Å². The molecule has 1 aliphatic carbocycles. The normalized spacial score (nSPS) is 18.7. The quantitative estimate of drug-likeness (QED) is 0.645. The third-order valence-electron chi connectivity index (χ3n) is 3.53. The Morgan fingerprint density at radius 2 is 2.12 bits per heavy atom. The van der Waals surface area contributed by atoms with E-state index in [4.69, 9.17) is 10.5 Å². The van der Waals surface area contributed by atoms with E-state index in [2.05, 4.69) is 4.99 Å². The highest BCUT2D eigenvalue weighted by Gasteiger charge is 2.37. The first-order chi connectivity index (χ1) is 11.3. The maximum atomic E-state index is 12.6. The molecule has 1 atom stereocenters. The summed E-state index contributed by atoms with van der Waals surface area (Å²) >= 11 is 0. The van der Waals surface area contributed by atoms with Crippen molar-refractivity contribution in [2.45, 2.75) is 32.5 Å². The van der Waals surface area contributed by atoms with Gasteiger partial charge in [-0.05, 0) is 38.0 Å². The molecule has 0 radical (unpaired) electrons. The molecule has 1 aromatic rings. The number of ether oxygens (including phenoxy) is 1. The van der Waals surface area contributed by atoms with Gasteiger partial charge in [-0.2, -0.15) is 13.2 Å². The summed E-state index contributed by atoms with van der Waals surface area (Å²) in [5, 5.41) is 0. The van der Waals surface area contributed by atoms with Gasteiger partial charge in [0, 0.05) is 5.56 Å². The second kappa shape index (κ2) is 7.55. The molecule has 0 fully saturated rings. The van der Waals surface area contributed by atoms with Gasteiger partial charge in [-0.25, -0.2) is 0 Å². The molecule has 2 N–H and O–H groups in total. The van der Waals surface area contributed by atoms with Crippen LogP contribution in [0.3, 0.4) is 0 Å². The number of aliphatic imine (C=N–C) groups is 1. The first-order valence-corrected chi connectivity index (χ1v) is 7.76. The summed E-state index contributed by atoms with van der Waals surface area (Å²) < 4.78 is 43.4. The number of alkyl halides is 3. The van der Waals surface area contributed by atoms with Gasteiger partial charge in [0.2, 0.25) is 0 Å². The van der Waals surface area contributed by atoms with E-state index in [9.17, 15) is 13.2 Å². The zero-order valence-corrected chi connectivity index (χ0v) is 13.7. The number of allylic oxidation sites excluding steroid dienone is 2.